The fourth-order valence-corrected chi connectivity index (χ4v) is 3.34. The summed E-state index contributed by atoms with van der Waals surface area (Å²) in [6.45, 7) is 0.0167. The van der Waals surface area contributed by atoms with Gasteiger partial charge in [-0.05, 0) is 6.42 Å². The SMILES string of the molecule is O=C(O)C(O)CCNC(=O)C1CCS(=O)(=O)C1. The average Bonchev–Trinajstić information content (AvgIpc) is 2.58. The first-order chi connectivity index (χ1) is 7.82. The van der Waals surface area contributed by atoms with Crippen LogP contribution in [0, 0.1) is 5.92 Å². The van der Waals surface area contributed by atoms with Gasteiger partial charge in [0.15, 0.2) is 15.9 Å². The van der Waals surface area contributed by atoms with E-state index in [9.17, 15) is 18.0 Å². The third-order valence-corrected chi connectivity index (χ3v) is 4.37. The molecule has 1 fully saturated rings. The van der Waals surface area contributed by atoms with Crippen molar-refractivity contribution in [1.82, 2.24) is 5.32 Å². The van der Waals surface area contributed by atoms with Crippen molar-refractivity contribution in [2.24, 2.45) is 5.92 Å². The summed E-state index contributed by atoms with van der Waals surface area (Å²) >= 11 is 0. The van der Waals surface area contributed by atoms with Gasteiger partial charge in [0, 0.05) is 13.0 Å². The quantitative estimate of drug-likeness (QED) is 0.549. The number of hydrogen-bond acceptors (Lipinski definition) is 5. The maximum absolute atomic E-state index is 11.5. The molecule has 0 aromatic heterocycles. The van der Waals surface area contributed by atoms with Crippen LogP contribution in [0.2, 0.25) is 0 Å². The highest BCUT2D eigenvalue weighted by molar-refractivity contribution is 7.91. The van der Waals surface area contributed by atoms with E-state index in [4.69, 9.17) is 10.2 Å². The number of carboxylic acids is 1. The van der Waals surface area contributed by atoms with Crippen molar-refractivity contribution < 1.29 is 28.2 Å². The first-order valence-electron chi connectivity index (χ1n) is 5.21. The molecule has 0 aromatic rings. The number of sulfone groups is 1. The predicted molar refractivity (Wildman–Crippen MR) is 58.0 cm³/mol. The molecule has 98 valence electrons. The van der Waals surface area contributed by atoms with Crippen molar-refractivity contribution in [3.8, 4) is 0 Å². The summed E-state index contributed by atoms with van der Waals surface area (Å²) in [6.07, 6.45) is -1.31. The molecule has 0 aliphatic carbocycles. The summed E-state index contributed by atoms with van der Waals surface area (Å²) in [5.74, 6) is -2.43. The van der Waals surface area contributed by atoms with E-state index in [1.165, 1.54) is 0 Å². The number of aliphatic hydroxyl groups excluding tert-OH is 1. The van der Waals surface area contributed by atoms with Gasteiger partial charge in [-0.2, -0.15) is 0 Å². The molecule has 1 rings (SSSR count). The number of aliphatic hydroxyl groups is 1. The van der Waals surface area contributed by atoms with Crippen molar-refractivity contribution in [2.45, 2.75) is 18.9 Å². The summed E-state index contributed by atoms with van der Waals surface area (Å²) in [6, 6.07) is 0. The Kier molecular flexibility index (Phi) is 4.47. The highest BCUT2D eigenvalue weighted by Crippen LogP contribution is 2.18. The van der Waals surface area contributed by atoms with Crippen molar-refractivity contribution in [3.05, 3.63) is 0 Å². The van der Waals surface area contributed by atoms with Gasteiger partial charge in [0.1, 0.15) is 0 Å². The second-order valence-electron chi connectivity index (χ2n) is 4.03. The maximum Gasteiger partial charge on any atom is 0.332 e. The summed E-state index contributed by atoms with van der Waals surface area (Å²) in [5, 5.41) is 19.7. The van der Waals surface area contributed by atoms with Crippen molar-refractivity contribution in [1.29, 1.82) is 0 Å². The van der Waals surface area contributed by atoms with E-state index in [2.05, 4.69) is 5.32 Å². The Morgan fingerprint density at radius 2 is 2.06 bits per heavy atom. The summed E-state index contributed by atoms with van der Waals surface area (Å²) in [7, 11) is -3.10. The van der Waals surface area contributed by atoms with Crippen LogP contribution in [0.3, 0.4) is 0 Å². The number of aliphatic carboxylic acids is 1. The van der Waals surface area contributed by atoms with Crippen LogP contribution in [0.15, 0.2) is 0 Å². The lowest BCUT2D eigenvalue weighted by Crippen LogP contribution is -2.34. The molecule has 0 saturated carbocycles. The van der Waals surface area contributed by atoms with Gasteiger partial charge in [0.25, 0.3) is 0 Å². The lowest BCUT2D eigenvalue weighted by molar-refractivity contribution is -0.147. The van der Waals surface area contributed by atoms with Crippen molar-refractivity contribution >= 4 is 21.7 Å². The van der Waals surface area contributed by atoms with E-state index in [0.29, 0.717) is 6.42 Å². The van der Waals surface area contributed by atoms with E-state index < -0.39 is 33.7 Å². The number of carboxylic acid groups (broad SMARTS) is 1. The number of amides is 1. The molecular formula is C9H15NO6S. The molecule has 1 heterocycles. The number of carbonyl (C=O) groups excluding carboxylic acids is 1. The highest BCUT2D eigenvalue weighted by Gasteiger charge is 2.32. The summed E-state index contributed by atoms with van der Waals surface area (Å²) < 4.78 is 22.2. The number of carbonyl (C=O) groups is 2. The molecule has 0 bridgehead atoms. The highest BCUT2D eigenvalue weighted by atomic mass is 32.2. The molecular weight excluding hydrogens is 250 g/mol. The van der Waals surface area contributed by atoms with Crippen LogP contribution in [0.5, 0.6) is 0 Å². The van der Waals surface area contributed by atoms with Crippen LogP contribution < -0.4 is 5.32 Å². The Bertz CT molecular complexity index is 404. The van der Waals surface area contributed by atoms with E-state index in [0.717, 1.165) is 0 Å². The predicted octanol–water partition coefficient (Wildman–Crippen LogP) is -1.63. The molecule has 1 saturated heterocycles. The van der Waals surface area contributed by atoms with Gasteiger partial charge in [-0.1, -0.05) is 0 Å². The largest absolute Gasteiger partial charge is 0.479 e. The Labute approximate surface area is 98.7 Å². The van der Waals surface area contributed by atoms with Gasteiger partial charge in [-0.15, -0.1) is 0 Å². The van der Waals surface area contributed by atoms with Gasteiger partial charge < -0.3 is 15.5 Å². The molecule has 2 unspecified atom stereocenters. The van der Waals surface area contributed by atoms with Crippen molar-refractivity contribution in [3.63, 3.8) is 0 Å². The summed E-state index contributed by atoms with van der Waals surface area (Å²) in [5.41, 5.74) is 0. The van der Waals surface area contributed by atoms with Gasteiger partial charge in [0.2, 0.25) is 5.91 Å². The van der Waals surface area contributed by atoms with E-state index in [-0.39, 0.29) is 24.5 Å². The Morgan fingerprint density at radius 3 is 2.53 bits per heavy atom. The molecule has 0 radical (unpaired) electrons. The van der Waals surface area contributed by atoms with Crippen LogP contribution in [0.4, 0.5) is 0 Å². The monoisotopic (exact) mass is 265 g/mol. The molecule has 1 aliphatic rings. The number of nitrogens with one attached hydrogen (secondary N) is 1. The molecule has 1 aliphatic heterocycles. The zero-order valence-electron chi connectivity index (χ0n) is 9.13. The lowest BCUT2D eigenvalue weighted by Gasteiger charge is -2.10. The Hall–Kier alpha value is -1.15. The minimum atomic E-state index is -3.10. The third-order valence-electron chi connectivity index (χ3n) is 2.61. The first-order valence-corrected chi connectivity index (χ1v) is 7.03. The van der Waals surface area contributed by atoms with E-state index in [1.54, 1.807) is 0 Å². The molecule has 3 N–H and O–H groups in total. The zero-order valence-corrected chi connectivity index (χ0v) is 9.94. The Morgan fingerprint density at radius 1 is 1.41 bits per heavy atom. The third kappa shape index (κ3) is 4.31. The maximum atomic E-state index is 11.5. The van der Waals surface area contributed by atoms with Gasteiger partial charge in [-0.25, -0.2) is 13.2 Å². The second kappa shape index (κ2) is 5.46. The summed E-state index contributed by atoms with van der Waals surface area (Å²) in [4.78, 5) is 21.8. The van der Waals surface area contributed by atoms with Crippen LogP contribution in [-0.2, 0) is 19.4 Å². The molecule has 17 heavy (non-hydrogen) atoms. The number of hydrogen-bond donors (Lipinski definition) is 3. The average molecular weight is 265 g/mol. The zero-order chi connectivity index (χ0) is 13.1. The van der Waals surface area contributed by atoms with Crippen LogP contribution in [0.25, 0.3) is 0 Å². The molecule has 0 spiro atoms. The fourth-order valence-electron chi connectivity index (χ4n) is 1.60. The number of rotatable bonds is 5. The van der Waals surface area contributed by atoms with Gasteiger partial charge in [-0.3, -0.25) is 4.79 Å². The molecule has 2 atom stereocenters. The molecule has 0 aromatic carbocycles. The normalized spacial score (nSPS) is 24.2. The molecule has 8 heteroatoms. The van der Waals surface area contributed by atoms with E-state index >= 15 is 0 Å². The topological polar surface area (TPSA) is 121 Å². The van der Waals surface area contributed by atoms with E-state index in [1.807, 2.05) is 0 Å². The fraction of sp³-hybridized carbons (Fsp3) is 0.778. The lowest BCUT2D eigenvalue weighted by atomic mass is 10.1. The standard InChI is InChI=1S/C9H15NO6S/c11-7(9(13)14)1-3-10-8(12)6-2-4-17(15,16)5-6/h6-7,11H,1-5H2,(H,10,12)(H,13,14). The molecule has 1 amide bonds. The minimum Gasteiger partial charge on any atom is -0.479 e. The second-order valence-corrected chi connectivity index (χ2v) is 6.26. The van der Waals surface area contributed by atoms with Crippen LogP contribution >= 0.6 is 0 Å². The molecule has 7 nitrogen and oxygen atoms in total. The Balaban J connectivity index is 2.29. The first kappa shape index (κ1) is 13.9. The smallest absolute Gasteiger partial charge is 0.332 e. The van der Waals surface area contributed by atoms with Gasteiger partial charge in [0.05, 0.1) is 17.4 Å². The van der Waals surface area contributed by atoms with Gasteiger partial charge >= 0.3 is 5.97 Å². The van der Waals surface area contributed by atoms with Crippen LogP contribution in [-0.4, -0.2) is 54.7 Å². The van der Waals surface area contributed by atoms with Crippen LogP contribution in [0.1, 0.15) is 12.8 Å². The van der Waals surface area contributed by atoms with Crippen molar-refractivity contribution in [2.75, 3.05) is 18.1 Å². The minimum absolute atomic E-state index is 0.0167.